The molecule has 0 spiro atoms. The van der Waals surface area contributed by atoms with Crippen LogP contribution < -0.4 is 16.0 Å². The maximum absolute atomic E-state index is 5.91. The summed E-state index contributed by atoms with van der Waals surface area (Å²) in [5, 5.41) is 10.9. The molecule has 0 fully saturated rings. The van der Waals surface area contributed by atoms with Gasteiger partial charge in [-0.2, -0.15) is 0 Å². The Kier molecular flexibility index (Phi) is 6.99. The van der Waals surface area contributed by atoms with E-state index < -0.39 is 0 Å². The van der Waals surface area contributed by atoms with Crippen LogP contribution in [0.1, 0.15) is 39.3 Å². The Bertz CT molecular complexity index is 448. The molecule has 118 valence electrons. The molecule has 3 N–H and O–H groups in total. The molecule has 1 rings (SSSR count). The van der Waals surface area contributed by atoms with E-state index in [4.69, 9.17) is 11.6 Å². The number of nitrogens with zero attached hydrogens (tertiary/aromatic N) is 1. The molecule has 1 aromatic rings. The van der Waals surface area contributed by atoms with Crippen molar-refractivity contribution >= 4 is 17.6 Å². The minimum Gasteiger partial charge on any atom is -0.355 e. The quantitative estimate of drug-likeness (QED) is 0.445. The maximum Gasteiger partial charge on any atom is 0.191 e. The molecular formula is C16H27ClN4. The molecule has 0 bridgehead atoms. The molecular weight excluding hydrogens is 284 g/mol. The molecule has 1 aromatic carbocycles. The zero-order valence-electron chi connectivity index (χ0n) is 13.6. The van der Waals surface area contributed by atoms with E-state index >= 15 is 0 Å². The van der Waals surface area contributed by atoms with Gasteiger partial charge in [-0.25, -0.2) is 0 Å². The number of aliphatic imine (C=N–C) groups is 1. The molecule has 0 radical (unpaired) electrons. The molecule has 0 aromatic heterocycles. The third-order valence-electron chi connectivity index (χ3n) is 3.02. The van der Waals surface area contributed by atoms with Crippen molar-refractivity contribution in [2.24, 2.45) is 4.99 Å². The van der Waals surface area contributed by atoms with Crippen molar-refractivity contribution in [1.82, 2.24) is 16.0 Å². The maximum atomic E-state index is 5.91. The molecule has 0 amide bonds. The molecule has 4 nitrogen and oxygen atoms in total. The highest BCUT2D eigenvalue weighted by molar-refractivity contribution is 6.30. The highest BCUT2D eigenvalue weighted by Crippen LogP contribution is 2.15. The molecule has 0 heterocycles. The van der Waals surface area contributed by atoms with Gasteiger partial charge in [0, 0.05) is 30.7 Å². The zero-order valence-corrected chi connectivity index (χ0v) is 14.4. The number of halogens is 1. The lowest BCUT2D eigenvalue weighted by Gasteiger charge is -2.22. The van der Waals surface area contributed by atoms with Gasteiger partial charge in [0.05, 0.1) is 6.04 Å². The summed E-state index contributed by atoms with van der Waals surface area (Å²) in [4.78, 5) is 4.25. The van der Waals surface area contributed by atoms with Crippen molar-refractivity contribution in [2.75, 3.05) is 20.1 Å². The molecule has 5 heteroatoms. The number of rotatable bonds is 5. The summed E-state index contributed by atoms with van der Waals surface area (Å²) in [5.74, 6) is 0.799. The third-order valence-corrected chi connectivity index (χ3v) is 3.27. The molecule has 0 aliphatic heterocycles. The molecule has 1 atom stereocenters. The van der Waals surface area contributed by atoms with Gasteiger partial charge in [0.2, 0.25) is 0 Å². The van der Waals surface area contributed by atoms with Crippen molar-refractivity contribution in [1.29, 1.82) is 0 Å². The highest BCUT2D eigenvalue weighted by atomic mass is 35.5. The summed E-state index contributed by atoms with van der Waals surface area (Å²) in [6, 6.07) is 8.02. The molecule has 0 aliphatic carbocycles. The summed E-state index contributed by atoms with van der Waals surface area (Å²) in [7, 11) is 1.78. The van der Waals surface area contributed by atoms with Crippen molar-refractivity contribution < 1.29 is 0 Å². The van der Waals surface area contributed by atoms with E-state index in [1.807, 2.05) is 24.3 Å². The Balaban J connectivity index is 2.42. The predicted octanol–water partition coefficient (Wildman–Crippen LogP) is 2.95. The van der Waals surface area contributed by atoms with Crippen molar-refractivity contribution in [3.8, 4) is 0 Å². The number of hydrogen-bond donors (Lipinski definition) is 3. The Morgan fingerprint density at radius 1 is 1.19 bits per heavy atom. The topological polar surface area (TPSA) is 48.5 Å². The van der Waals surface area contributed by atoms with Gasteiger partial charge in [0.15, 0.2) is 5.96 Å². The Morgan fingerprint density at radius 3 is 2.33 bits per heavy atom. The average molecular weight is 311 g/mol. The second-order valence-electron chi connectivity index (χ2n) is 6.09. The number of nitrogens with one attached hydrogen (secondary N) is 3. The van der Waals surface area contributed by atoms with Gasteiger partial charge in [-0.1, -0.05) is 23.7 Å². The van der Waals surface area contributed by atoms with Crippen LogP contribution in [0.25, 0.3) is 0 Å². The fourth-order valence-corrected chi connectivity index (χ4v) is 1.98. The lowest BCUT2D eigenvalue weighted by molar-refractivity contribution is 0.428. The first-order chi connectivity index (χ1) is 9.81. The smallest absolute Gasteiger partial charge is 0.191 e. The van der Waals surface area contributed by atoms with Crippen LogP contribution in [0.3, 0.4) is 0 Å². The van der Waals surface area contributed by atoms with Crippen molar-refractivity contribution in [2.45, 2.75) is 39.3 Å². The van der Waals surface area contributed by atoms with Gasteiger partial charge in [-0.05, 0) is 45.4 Å². The average Bonchev–Trinajstić information content (AvgIpc) is 2.41. The van der Waals surface area contributed by atoms with Crippen LogP contribution in [0.15, 0.2) is 29.3 Å². The van der Waals surface area contributed by atoms with E-state index in [9.17, 15) is 0 Å². The summed E-state index contributed by atoms with van der Waals surface area (Å²) in [5.41, 5.74) is 1.31. The first-order valence-corrected chi connectivity index (χ1v) is 7.67. The predicted molar refractivity (Wildman–Crippen MR) is 92.1 cm³/mol. The van der Waals surface area contributed by atoms with Crippen LogP contribution in [0.5, 0.6) is 0 Å². The van der Waals surface area contributed by atoms with Crippen molar-refractivity contribution in [3.05, 3.63) is 34.9 Å². The Morgan fingerprint density at radius 2 is 1.81 bits per heavy atom. The summed E-state index contributed by atoms with van der Waals surface area (Å²) >= 11 is 5.91. The number of guanidine groups is 1. The van der Waals surface area contributed by atoms with Crippen LogP contribution in [0, 0.1) is 0 Å². The summed E-state index contributed by atoms with van der Waals surface area (Å²) < 4.78 is 0. The van der Waals surface area contributed by atoms with Crippen LogP contribution in [0.2, 0.25) is 5.02 Å². The normalized spacial score (nSPS) is 13.9. The van der Waals surface area contributed by atoms with Crippen LogP contribution in [-0.4, -0.2) is 31.6 Å². The highest BCUT2D eigenvalue weighted by Gasteiger charge is 2.09. The molecule has 1 unspecified atom stereocenters. The van der Waals surface area contributed by atoms with E-state index in [1.54, 1.807) is 7.05 Å². The van der Waals surface area contributed by atoms with Crippen LogP contribution in [0.4, 0.5) is 0 Å². The van der Waals surface area contributed by atoms with Crippen LogP contribution in [-0.2, 0) is 0 Å². The van der Waals surface area contributed by atoms with E-state index in [2.05, 4.69) is 48.6 Å². The first-order valence-electron chi connectivity index (χ1n) is 7.29. The number of hydrogen-bond acceptors (Lipinski definition) is 2. The SMILES string of the molecule is CN=C(NCCNC(C)(C)C)NC(C)c1ccc(Cl)cc1. The molecule has 0 saturated heterocycles. The Hall–Kier alpha value is -1.26. The minimum atomic E-state index is 0.134. The fourth-order valence-electron chi connectivity index (χ4n) is 1.85. The first kappa shape index (κ1) is 17.8. The van der Waals surface area contributed by atoms with Gasteiger partial charge in [0.25, 0.3) is 0 Å². The second kappa shape index (κ2) is 8.25. The number of benzene rings is 1. The monoisotopic (exact) mass is 310 g/mol. The van der Waals surface area contributed by atoms with Crippen molar-refractivity contribution in [3.63, 3.8) is 0 Å². The van der Waals surface area contributed by atoms with E-state index in [1.165, 1.54) is 5.56 Å². The zero-order chi connectivity index (χ0) is 15.9. The Labute approximate surface area is 133 Å². The second-order valence-corrected chi connectivity index (χ2v) is 6.53. The lowest BCUT2D eigenvalue weighted by atomic mass is 10.1. The standard InChI is InChI=1S/C16H27ClN4/c1-12(13-6-8-14(17)9-7-13)21-15(18-5)19-10-11-20-16(2,3)4/h6-9,12,20H,10-11H2,1-5H3,(H2,18,19,21). The summed E-state index contributed by atoms with van der Waals surface area (Å²) in [6.07, 6.45) is 0. The summed E-state index contributed by atoms with van der Waals surface area (Å²) in [6.45, 7) is 10.3. The largest absolute Gasteiger partial charge is 0.355 e. The van der Waals surface area contributed by atoms with Gasteiger partial charge in [-0.3, -0.25) is 4.99 Å². The fraction of sp³-hybridized carbons (Fsp3) is 0.562. The molecule has 21 heavy (non-hydrogen) atoms. The van der Waals surface area contributed by atoms with E-state index in [0.29, 0.717) is 0 Å². The van der Waals surface area contributed by atoms with Gasteiger partial charge in [-0.15, -0.1) is 0 Å². The van der Waals surface area contributed by atoms with Gasteiger partial charge < -0.3 is 16.0 Å². The van der Waals surface area contributed by atoms with E-state index in [0.717, 1.165) is 24.1 Å². The molecule has 0 aliphatic rings. The van der Waals surface area contributed by atoms with Crippen LogP contribution >= 0.6 is 11.6 Å². The van der Waals surface area contributed by atoms with Gasteiger partial charge in [0.1, 0.15) is 0 Å². The third kappa shape index (κ3) is 7.34. The van der Waals surface area contributed by atoms with E-state index in [-0.39, 0.29) is 11.6 Å². The van der Waals surface area contributed by atoms with Gasteiger partial charge >= 0.3 is 0 Å². The lowest BCUT2D eigenvalue weighted by Crippen LogP contribution is -2.45. The molecule has 0 saturated carbocycles. The minimum absolute atomic E-state index is 0.134.